The number of ether oxygens (including phenoxy) is 3. The van der Waals surface area contributed by atoms with Crippen molar-refractivity contribution in [1.29, 1.82) is 0 Å². The molecule has 168 valence electrons. The summed E-state index contributed by atoms with van der Waals surface area (Å²) in [6.45, 7) is 0.483. The van der Waals surface area contributed by atoms with Crippen molar-refractivity contribution in [2.45, 2.75) is 43.3 Å². The third-order valence-electron chi connectivity index (χ3n) is 6.19. The predicted octanol–water partition coefficient (Wildman–Crippen LogP) is 2.89. The third kappa shape index (κ3) is 3.29. The highest BCUT2D eigenvalue weighted by molar-refractivity contribution is 6.33. The number of nitrogens with zero attached hydrogens (tertiary/aromatic N) is 2. The lowest BCUT2D eigenvalue weighted by Crippen LogP contribution is -2.34. The topological polar surface area (TPSA) is 102 Å². The minimum absolute atomic E-state index is 0.207. The molecule has 2 fully saturated rings. The fourth-order valence-electron chi connectivity index (χ4n) is 4.73. The fourth-order valence-corrected chi connectivity index (χ4v) is 4.94. The van der Waals surface area contributed by atoms with Gasteiger partial charge in [-0.15, -0.1) is 0 Å². The Bertz CT molecular complexity index is 1210. The van der Waals surface area contributed by atoms with E-state index >= 15 is 0 Å². The van der Waals surface area contributed by atoms with Crippen molar-refractivity contribution in [3.05, 3.63) is 46.0 Å². The van der Waals surface area contributed by atoms with Crippen LogP contribution in [-0.4, -0.2) is 57.7 Å². The van der Waals surface area contributed by atoms with E-state index in [4.69, 9.17) is 25.8 Å². The minimum atomic E-state index is -0.666. The molecule has 1 unspecified atom stereocenters. The number of aliphatic hydroxyl groups excluding tert-OH is 1. The Morgan fingerprint density at radius 2 is 2.00 bits per heavy atom. The number of aliphatic hydroxyl groups is 1. The lowest BCUT2D eigenvalue weighted by atomic mass is 10.1. The predicted molar refractivity (Wildman–Crippen MR) is 110 cm³/mol. The average Bonchev–Trinajstić information content (AvgIpc) is 3.49. The molecule has 0 bridgehead atoms. The van der Waals surface area contributed by atoms with Gasteiger partial charge in [0.2, 0.25) is 0 Å². The number of aromatic nitrogens is 3. The van der Waals surface area contributed by atoms with E-state index in [9.17, 15) is 13.9 Å². The maximum absolute atomic E-state index is 14.4. The number of aryl methyl sites for hydroxylation is 1. The van der Waals surface area contributed by atoms with Gasteiger partial charge >= 0.3 is 0 Å². The molecular weight excluding hydrogens is 446 g/mol. The maximum Gasteiger partial charge on any atom is 0.296 e. The van der Waals surface area contributed by atoms with Crippen LogP contribution in [-0.2, 0) is 15.9 Å². The molecule has 1 aliphatic carbocycles. The van der Waals surface area contributed by atoms with Gasteiger partial charge < -0.3 is 29.6 Å². The molecule has 0 radical (unpaired) electrons. The molecule has 5 atom stereocenters. The fraction of sp³-hybridized carbons (Fsp3) is 0.429. The summed E-state index contributed by atoms with van der Waals surface area (Å²) in [6.07, 6.45) is -0.698. The number of nitrogens with one attached hydrogen (secondary N) is 2. The highest BCUT2D eigenvalue weighted by atomic mass is 35.5. The molecule has 2 saturated heterocycles. The molecule has 3 N–H and O–H groups in total. The zero-order valence-electron chi connectivity index (χ0n) is 16.6. The molecular formula is C21H19ClF2N4O4. The van der Waals surface area contributed by atoms with Crippen LogP contribution in [0.5, 0.6) is 6.01 Å². The molecule has 0 amide bonds. The highest BCUT2D eigenvalue weighted by Gasteiger charge is 2.48. The smallest absolute Gasteiger partial charge is 0.296 e. The number of aromatic amines is 1. The second kappa shape index (κ2) is 7.51. The van der Waals surface area contributed by atoms with Crippen LogP contribution in [0.25, 0.3) is 11.2 Å². The van der Waals surface area contributed by atoms with Crippen LogP contribution in [0.4, 0.5) is 14.6 Å². The molecule has 6 rings (SSSR count). The molecule has 3 aromatic rings. The van der Waals surface area contributed by atoms with E-state index in [0.29, 0.717) is 46.0 Å². The Kier molecular flexibility index (Phi) is 4.72. The molecule has 0 saturated carbocycles. The molecule has 11 heteroatoms. The Hall–Kier alpha value is -2.53. The lowest BCUT2D eigenvalue weighted by molar-refractivity contribution is 0.00706. The Labute approximate surface area is 185 Å². The summed E-state index contributed by atoms with van der Waals surface area (Å²) in [7, 11) is 0. The van der Waals surface area contributed by atoms with E-state index < -0.39 is 29.9 Å². The first-order valence-corrected chi connectivity index (χ1v) is 10.7. The summed E-state index contributed by atoms with van der Waals surface area (Å²) in [6, 6.07) is 3.76. The van der Waals surface area contributed by atoms with Gasteiger partial charge in [-0.2, -0.15) is 4.98 Å². The van der Waals surface area contributed by atoms with Crippen molar-refractivity contribution in [2.75, 3.05) is 18.5 Å². The zero-order chi connectivity index (χ0) is 22.0. The van der Waals surface area contributed by atoms with E-state index in [1.54, 1.807) is 6.07 Å². The number of benzene rings is 1. The van der Waals surface area contributed by atoms with Gasteiger partial charge in [0.1, 0.15) is 35.8 Å². The minimum Gasteiger partial charge on any atom is -0.456 e. The Morgan fingerprint density at radius 3 is 2.88 bits per heavy atom. The number of rotatable bonds is 4. The number of imidazole rings is 1. The van der Waals surface area contributed by atoms with Gasteiger partial charge in [-0.05, 0) is 30.5 Å². The van der Waals surface area contributed by atoms with Gasteiger partial charge in [-0.25, -0.2) is 13.8 Å². The molecule has 2 aliphatic heterocycles. The maximum atomic E-state index is 14.4. The molecule has 2 aromatic heterocycles. The van der Waals surface area contributed by atoms with Gasteiger partial charge in [-0.1, -0.05) is 11.6 Å². The van der Waals surface area contributed by atoms with Gasteiger partial charge in [0.05, 0.1) is 29.8 Å². The van der Waals surface area contributed by atoms with E-state index in [1.165, 1.54) is 6.07 Å². The first-order chi connectivity index (χ1) is 15.5. The average molecular weight is 465 g/mol. The molecule has 1 aromatic carbocycles. The summed E-state index contributed by atoms with van der Waals surface area (Å²) >= 11 is 6.41. The van der Waals surface area contributed by atoms with Crippen LogP contribution in [0.1, 0.15) is 23.6 Å². The van der Waals surface area contributed by atoms with Crippen molar-refractivity contribution in [3.63, 3.8) is 0 Å². The summed E-state index contributed by atoms with van der Waals surface area (Å²) in [5.74, 6) is -0.815. The monoisotopic (exact) mass is 464 g/mol. The zero-order valence-corrected chi connectivity index (χ0v) is 17.4. The SMILES string of the molecule is O[C@@H]1CO[C@H]2C1OC[C@H]2Oc1nc2nc(N[C@H]3CCc4cc(F)cc(F)c43)c(Cl)cc2[nH]1. The summed E-state index contributed by atoms with van der Waals surface area (Å²) in [5, 5.41) is 13.4. The second-order valence-electron chi connectivity index (χ2n) is 8.25. The van der Waals surface area contributed by atoms with Crippen LogP contribution in [0.3, 0.4) is 0 Å². The normalized spacial score (nSPS) is 28.8. The number of halogens is 3. The lowest BCUT2D eigenvalue weighted by Gasteiger charge is -2.16. The number of anilines is 1. The quantitative estimate of drug-likeness (QED) is 0.545. The van der Waals surface area contributed by atoms with Gasteiger partial charge in [0, 0.05) is 11.6 Å². The van der Waals surface area contributed by atoms with E-state index in [2.05, 4.69) is 20.3 Å². The largest absolute Gasteiger partial charge is 0.456 e. The summed E-state index contributed by atoms with van der Waals surface area (Å²) in [5.41, 5.74) is 2.01. The summed E-state index contributed by atoms with van der Waals surface area (Å²) < 4.78 is 44.9. The third-order valence-corrected chi connectivity index (χ3v) is 6.48. The first-order valence-electron chi connectivity index (χ1n) is 10.3. The van der Waals surface area contributed by atoms with E-state index in [1.807, 2.05) is 0 Å². The van der Waals surface area contributed by atoms with Crippen molar-refractivity contribution in [3.8, 4) is 6.01 Å². The molecule has 4 heterocycles. The van der Waals surface area contributed by atoms with E-state index in [0.717, 1.165) is 6.07 Å². The van der Waals surface area contributed by atoms with Crippen LogP contribution in [0.2, 0.25) is 5.02 Å². The van der Waals surface area contributed by atoms with Crippen LogP contribution >= 0.6 is 11.6 Å². The van der Waals surface area contributed by atoms with Crippen LogP contribution in [0.15, 0.2) is 18.2 Å². The number of hydrogen-bond acceptors (Lipinski definition) is 7. The standard InChI is InChI=1S/C21H19ClF2N4O4/c22-10-5-13-20(28-21(26-13)32-15-7-31-17-14(29)6-30-18(15)17)27-19(10)25-12-2-1-8-3-9(23)4-11(24)16(8)12/h3-5,12,14-15,17-18,29H,1-2,6-7H2,(H2,25,26,27,28)/t12-,14+,15+,17?,18+/m0/s1. The number of pyridine rings is 1. The highest BCUT2D eigenvalue weighted by Crippen LogP contribution is 2.38. The van der Waals surface area contributed by atoms with Crippen molar-refractivity contribution < 1.29 is 28.1 Å². The number of hydrogen-bond donors (Lipinski definition) is 3. The molecule has 8 nitrogen and oxygen atoms in total. The van der Waals surface area contributed by atoms with E-state index in [-0.39, 0.29) is 31.4 Å². The van der Waals surface area contributed by atoms with Crippen LogP contribution in [0, 0.1) is 11.6 Å². The van der Waals surface area contributed by atoms with Crippen LogP contribution < -0.4 is 10.1 Å². The van der Waals surface area contributed by atoms with Crippen molar-refractivity contribution in [1.82, 2.24) is 15.0 Å². The molecule has 0 spiro atoms. The van der Waals surface area contributed by atoms with Gasteiger partial charge in [-0.3, -0.25) is 0 Å². The van der Waals surface area contributed by atoms with Gasteiger partial charge in [0.25, 0.3) is 6.01 Å². The first kappa shape index (κ1) is 20.1. The second-order valence-corrected chi connectivity index (χ2v) is 8.65. The number of fused-ring (bicyclic) bond motifs is 3. The number of H-pyrrole nitrogens is 1. The summed E-state index contributed by atoms with van der Waals surface area (Å²) in [4.78, 5) is 11.9. The van der Waals surface area contributed by atoms with Crippen molar-refractivity contribution in [2.24, 2.45) is 0 Å². The Morgan fingerprint density at radius 1 is 1.16 bits per heavy atom. The molecule has 32 heavy (non-hydrogen) atoms. The van der Waals surface area contributed by atoms with Gasteiger partial charge in [0.15, 0.2) is 11.8 Å². The van der Waals surface area contributed by atoms with Crippen molar-refractivity contribution >= 4 is 28.6 Å². The molecule has 3 aliphatic rings. The Balaban J connectivity index is 1.23.